The van der Waals surface area contributed by atoms with Crippen LogP contribution in [0.4, 0.5) is 10.5 Å². The average Bonchev–Trinajstić information content (AvgIpc) is 2.40. The highest BCUT2D eigenvalue weighted by atomic mass is 16.2. The summed E-state index contributed by atoms with van der Waals surface area (Å²) in [5.74, 6) is 0. The van der Waals surface area contributed by atoms with E-state index in [-0.39, 0.29) is 12.1 Å². The molecule has 0 saturated heterocycles. The van der Waals surface area contributed by atoms with Crippen molar-refractivity contribution in [2.75, 3.05) is 5.32 Å². The number of benzene rings is 2. The Hall–Kier alpha value is -2.29. The van der Waals surface area contributed by atoms with Crippen molar-refractivity contribution in [3.63, 3.8) is 0 Å². The van der Waals surface area contributed by atoms with Gasteiger partial charge in [-0.2, -0.15) is 0 Å². The summed E-state index contributed by atoms with van der Waals surface area (Å²) in [4.78, 5) is 11.9. The molecule has 0 unspecified atom stereocenters. The summed E-state index contributed by atoms with van der Waals surface area (Å²) >= 11 is 0. The Morgan fingerprint density at radius 3 is 2.32 bits per heavy atom. The quantitative estimate of drug-likeness (QED) is 0.857. The fourth-order valence-corrected chi connectivity index (χ4v) is 2.04. The first-order valence-electron chi connectivity index (χ1n) is 6.35. The molecule has 2 N–H and O–H groups in total. The van der Waals surface area contributed by atoms with E-state index in [0.29, 0.717) is 0 Å². The number of anilines is 1. The average molecular weight is 254 g/mol. The molecule has 0 heterocycles. The summed E-state index contributed by atoms with van der Waals surface area (Å²) in [5.41, 5.74) is 3.10. The van der Waals surface area contributed by atoms with Crippen molar-refractivity contribution >= 4 is 11.7 Å². The molecular formula is C16H18N2O. The lowest BCUT2D eigenvalue weighted by atomic mass is 10.0. The zero-order valence-electron chi connectivity index (χ0n) is 11.2. The first-order valence-corrected chi connectivity index (χ1v) is 6.35. The van der Waals surface area contributed by atoms with E-state index in [4.69, 9.17) is 0 Å². The largest absolute Gasteiger partial charge is 0.331 e. The first-order chi connectivity index (χ1) is 9.16. The molecule has 0 radical (unpaired) electrons. The zero-order valence-corrected chi connectivity index (χ0v) is 11.2. The minimum atomic E-state index is -0.193. The number of amides is 2. The number of rotatable bonds is 3. The van der Waals surface area contributed by atoms with Crippen LogP contribution in [0, 0.1) is 6.92 Å². The van der Waals surface area contributed by atoms with E-state index in [2.05, 4.69) is 10.6 Å². The second-order valence-electron chi connectivity index (χ2n) is 4.54. The van der Waals surface area contributed by atoms with Crippen LogP contribution in [-0.2, 0) is 0 Å². The third kappa shape index (κ3) is 3.58. The van der Waals surface area contributed by atoms with Crippen LogP contribution in [0.15, 0.2) is 54.6 Å². The molecule has 0 fully saturated rings. The maximum Gasteiger partial charge on any atom is 0.319 e. The Balaban J connectivity index is 1.98. The number of hydrogen-bond donors (Lipinski definition) is 2. The molecule has 98 valence electrons. The molecule has 0 aliphatic carbocycles. The van der Waals surface area contributed by atoms with Crippen molar-refractivity contribution in [2.45, 2.75) is 19.9 Å². The number of nitrogens with one attached hydrogen (secondary N) is 2. The van der Waals surface area contributed by atoms with Gasteiger partial charge in [-0.05, 0) is 37.1 Å². The fourth-order valence-electron chi connectivity index (χ4n) is 2.04. The van der Waals surface area contributed by atoms with E-state index < -0.39 is 0 Å². The summed E-state index contributed by atoms with van der Waals surface area (Å²) in [5, 5.41) is 5.75. The van der Waals surface area contributed by atoms with Crippen molar-refractivity contribution in [1.82, 2.24) is 5.32 Å². The number of hydrogen-bond acceptors (Lipinski definition) is 1. The Labute approximate surface area is 113 Å². The summed E-state index contributed by atoms with van der Waals surface area (Å²) < 4.78 is 0. The summed E-state index contributed by atoms with van der Waals surface area (Å²) in [6.45, 7) is 4.02. The molecule has 1 atom stereocenters. The number of urea groups is 1. The van der Waals surface area contributed by atoms with Gasteiger partial charge in [-0.1, -0.05) is 42.5 Å². The van der Waals surface area contributed by atoms with Crippen LogP contribution in [0.2, 0.25) is 0 Å². The van der Waals surface area contributed by atoms with Gasteiger partial charge >= 0.3 is 6.03 Å². The second kappa shape index (κ2) is 6.05. The van der Waals surface area contributed by atoms with Crippen LogP contribution in [0.3, 0.4) is 0 Å². The predicted octanol–water partition coefficient (Wildman–Crippen LogP) is 3.88. The van der Waals surface area contributed by atoms with Crippen molar-refractivity contribution in [2.24, 2.45) is 0 Å². The standard InChI is InChI=1S/C16H18N2O/c1-12-8-6-7-11-15(12)13(2)17-16(19)18-14-9-4-3-5-10-14/h3-11,13H,1-2H3,(H2,17,18,19)/t13-/m0/s1. The van der Waals surface area contributed by atoms with E-state index in [1.54, 1.807) is 0 Å². The van der Waals surface area contributed by atoms with Crippen LogP contribution in [0.25, 0.3) is 0 Å². The van der Waals surface area contributed by atoms with Gasteiger partial charge in [-0.3, -0.25) is 0 Å². The number of carbonyl (C=O) groups is 1. The highest BCUT2D eigenvalue weighted by Gasteiger charge is 2.10. The van der Waals surface area contributed by atoms with Gasteiger partial charge in [0.2, 0.25) is 0 Å². The molecule has 0 aliphatic heterocycles. The Bertz CT molecular complexity index is 552. The summed E-state index contributed by atoms with van der Waals surface area (Å²) in [7, 11) is 0. The van der Waals surface area contributed by atoms with Gasteiger partial charge in [-0.25, -0.2) is 4.79 Å². The molecule has 0 saturated carbocycles. The molecule has 0 spiro atoms. The van der Waals surface area contributed by atoms with Crippen LogP contribution >= 0.6 is 0 Å². The van der Waals surface area contributed by atoms with Gasteiger partial charge in [0.25, 0.3) is 0 Å². The lowest BCUT2D eigenvalue weighted by Gasteiger charge is -2.17. The van der Waals surface area contributed by atoms with Gasteiger partial charge in [0, 0.05) is 5.69 Å². The lowest BCUT2D eigenvalue weighted by Crippen LogP contribution is -2.31. The van der Waals surface area contributed by atoms with E-state index >= 15 is 0 Å². The number of aryl methyl sites for hydroxylation is 1. The van der Waals surface area contributed by atoms with Gasteiger partial charge in [-0.15, -0.1) is 0 Å². The van der Waals surface area contributed by atoms with E-state index in [1.807, 2.05) is 68.4 Å². The fraction of sp³-hybridized carbons (Fsp3) is 0.188. The number of carbonyl (C=O) groups excluding carboxylic acids is 1. The van der Waals surface area contributed by atoms with E-state index in [9.17, 15) is 4.79 Å². The van der Waals surface area contributed by atoms with Crippen LogP contribution < -0.4 is 10.6 Å². The van der Waals surface area contributed by atoms with Gasteiger partial charge < -0.3 is 10.6 Å². The Kier molecular flexibility index (Phi) is 4.18. The molecule has 2 aromatic rings. The molecule has 0 aromatic heterocycles. The van der Waals surface area contributed by atoms with Crippen molar-refractivity contribution in [1.29, 1.82) is 0 Å². The second-order valence-corrected chi connectivity index (χ2v) is 4.54. The topological polar surface area (TPSA) is 41.1 Å². The smallest absolute Gasteiger partial charge is 0.319 e. The van der Waals surface area contributed by atoms with E-state index in [1.165, 1.54) is 5.56 Å². The zero-order chi connectivity index (χ0) is 13.7. The maximum atomic E-state index is 11.9. The van der Waals surface area contributed by atoms with Crippen molar-refractivity contribution in [3.8, 4) is 0 Å². The van der Waals surface area contributed by atoms with Crippen molar-refractivity contribution < 1.29 is 4.79 Å². The Morgan fingerprint density at radius 1 is 1.00 bits per heavy atom. The molecule has 2 amide bonds. The molecule has 3 heteroatoms. The van der Waals surface area contributed by atoms with Gasteiger partial charge in [0.1, 0.15) is 0 Å². The third-order valence-corrected chi connectivity index (χ3v) is 3.03. The molecule has 0 aliphatic rings. The van der Waals surface area contributed by atoms with Gasteiger partial charge in [0.15, 0.2) is 0 Å². The first kappa shape index (κ1) is 13.1. The molecule has 0 bridgehead atoms. The lowest BCUT2D eigenvalue weighted by molar-refractivity contribution is 0.249. The van der Waals surface area contributed by atoms with E-state index in [0.717, 1.165) is 11.3 Å². The normalized spacial score (nSPS) is 11.7. The van der Waals surface area contributed by atoms with Crippen LogP contribution in [0.5, 0.6) is 0 Å². The minimum absolute atomic E-state index is 0.0232. The molecular weight excluding hydrogens is 236 g/mol. The molecule has 2 aromatic carbocycles. The molecule has 2 rings (SSSR count). The highest BCUT2D eigenvalue weighted by Crippen LogP contribution is 2.16. The summed E-state index contributed by atoms with van der Waals surface area (Å²) in [6.07, 6.45) is 0. The third-order valence-electron chi connectivity index (χ3n) is 3.03. The highest BCUT2D eigenvalue weighted by molar-refractivity contribution is 5.89. The van der Waals surface area contributed by atoms with Gasteiger partial charge in [0.05, 0.1) is 6.04 Å². The van der Waals surface area contributed by atoms with Crippen molar-refractivity contribution in [3.05, 3.63) is 65.7 Å². The molecule has 3 nitrogen and oxygen atoms in total. The monoisotopic (exact) mass is 254 g/mol. The van der Waals surface area contributed by atoms with Crippen LogP contribution in [-0.4, -0.2) is 6.03 Å². The maximum absolute atomic E-state index is 11.9. The Morgan fingerprint density at radius 2 is 1.63 bits per heavy atom. The van der Waals surface area contributed by atoms with Crippen LogP contribution in [0.1, 0.15) is 24.1 Å². The molecule has 19 heavy (non-hydrogen) atoms. The number of para-hydroxylation sites is 1. The minimum Gasteiger partial charge on any atom is -0.331 e. The predicted molar refractivity (Wildman–Crippen MR) is 78.2 cm³/mol. The SMILES string of the molecule is Cc1ccccc1[C@H](C)NC(=O)Nc1ccccc1. The summed E-state index contributed by atoms with van der Waals surface area (Å²) in [6, 6.07) is 17.2.